The van der Waals surface area contributed by atoms with Crippen LogP contribution in [-0.2, 0) is 6.54 Å². The van der Waals surface area contributed by atoms with Crippen LogP contribution in [0.25, 0.3) is 0 Å². The first-order chi connectivity index (χ1) is 9.63. The van der Waals surface area contributed by atoms with Gasteiger partial charge in [0.1, 0.15) is 5.75 Å². The van der Waals surface area contributed by atoms with Gasteiger partial charge in [-0.15, -0.1) is 0 Å². The summed E-state index contributed by atoms with van der Waals surface area (Å²) in [7, 11) is 0. The van der Waals surface area contributed by atoms with Crippen molar-refractivity contribution in [2.24, 2.45) is 11.7 Å². The van der Waals surface area contributed by atoms with Gasteiger partial charge in [0, 0.05) is 24.7 Å². The van der Waals surface area contributed by atoms with Crippen molar-refractivity contribution in [3.8, 4) is 5.75 Å². The molecule has 3 heteroatoms. The SMILES string of the molecule is CCOc1ccc(C(C)N)cc1CN1CCC(CC)C1. The molecule has 3 nitrogen and oxygen atoms in total. The van der Waals surface area contributed by atoms with Gasteiger partial charge in [-0.25, -0.2) is 0 Å². The Hall–Kier alpha value is -1.06. The number of rotatable bonds is 6. The van der Waals surface area contributed by atoms with Gasteiger partial charge in [-0.3, -0.25) is 4.90 Å². The number of hydrogen-bond acceptors (Lipinski definition) is 3. The Morgan fingerprint density at radius 1 is 1.40 bits per heavy atom. The van der Waals surface area contributed by atoms with Crippen LogP contribution in [0.5, 0.6) is 5.75 Å². The van der Waals surface area contributed by atoms with E-state index < -0.39 is 0 Å². The third-order valence-electron chi connectivity index (χ3n) is 4.25. The fourth-order valence-electron chi connectivity index (χ4n) is 2.93. The zero-order valence-corrected chi connectivity index (χ0v) is 13.1. The molecule has 0 aliphatic carbocycles. The number of likely N-dealkylation sites (tertiary alicyclic amines) is 1. The molecule has 2 atom stereocenters. The van der Waals surface area contributed by atoms with Gasteiger partial charge in [0.15, 0.2) is 0 Å². The lowest BCUT2D eigenvalue weighted by atomic mass is 10.0. The Labute approximate surface area is 123 Å². The van der Waals surface area contributed by atoms with Crippen LogP contribution in [0.1, 0.15) is 50.8 Å². The van der Waals surface area contributed by atoms with Crippen LogP contribution in [0.4, 0.5) is 0 Å². The van der Waals surface area contributed by atoms with E-state index in [9.17, 15) is 0 Å². The molecule has 0 spiro atoms. The molecule has 2 rings (SSSR count). The Morgan fingerprint density at radius 2 is 2.20 bits per heavy atom. The first kappa shape index (κ1) is 15.3. The molecular formula is C17H28N2O. The van der Waals surface area contributed by atoms with Gasteiger partial charge in [-0.1, -0.05) is 19.4 Å². The van der Waals surface area contributed by atoms with Crippen molar-refractivity contribution in [1.29, 1.82) is 0 Å². The summed E-state index contributed by atoms with van der Waals surface area (Å²) in [6, 6.07) is 6.45. The van der Waals surface area contributed by atoms with E-state index >= 15 is 0 Å². The molecule has 0 saturated carbocycles. The average Bonchev–Trinajstić information content (AvgIpc) is 2.88. The van der Waals surface area contributed by atoms with Gasteiger partial charge in [0.25, 0.3) is 0 Å². The number of nitrogens with zero attached hydrogens (tertiary/aromatic N) is 1. The first-order valence-electron chi connectivity index (χ1n) is 7.87. The Balaban J connectivity index is 2.13. The molecule has 1 aromatic rings. The molecule has 0 bridgehead atoms. The van der Waals surface area contributed by atoms with Crippen LogP contribution in [0, 0.1) is 5.92 Å². The molecule has 1 saturated heterocycles. The molecule has 1 aliphatic rings. The lowest BCUT2D eigenvalue weighted by Gasteiger charge is -2.20. The van der Waals surface area contributed by atoms with E-state index in [1.54, 1.807) is 0 Å². The van der Waals surface area contributed by atoms with Crippen molar-refractivity contribution in [2.75, 3.05) is 19.7 Å². The van der Waals surface area contributed by atoms with Gasteiger partial charge >= 0.3 is 0 Å². The minimum absolute atomic E-state index is 0.0754. The van der Waals surface area contributed by atoms with Gasteiger partial charge in [0.2, 0.25) is 0 Å². The minimum Gasteiger partial charge on any atom is -0.494 e. The van der Waals surface area contributed by atoms with E-state index in [0.29, 0.717) is 6.61 Å². The van der Waals surface area contributed by atoms with Crippen LogP contribution < -0.4 is 10.5 Å². The highest BCUT2D eigenvalue weighted by Gasteiger charge is 2.22. The van der Waals surface area contributed by atoms with Crippen LogP contribution in [0.15, 0.2) is 18.2 Å². The predicted octanol–water partition coefficient (Wildman–Crippen LogP) is 3.34. The largest absolute Gasteiger partial charge is 0.494 e. The number of hydrogen-bond donors (Lipinski definition) is 1. The predicted molar refractivity (Wildman–Crippen MR) is 83.9 cm³/mol. The smallest absolute Gasteiger partial charge is 0.123 e. The van der Waals surface area contributed by atoms with Crippen molar-refractivity contribution < 1.29 is 4.74 Å². The van der Waals surface area contributed by atoms with Gasteiger partial charge < -0.3 is 10.5 Å². The fourth-order valence-corrected chi connectivity index (χ4v) is 2.93. The standard InChI is InChI=1S/C17H28N2O/c1-4-14-8-9-19(11-14)12-16-10-15(13(3)18)6-7-17(16)20-5-2/h6-7,10,13-14H,4-5,8-9,11-12,18H2,1-3H3. The number of nitrogens with two attached hydrogens (primary N) is 1. The summed E-state index contributed by atoms with van der Waals surface area (Å²) in [5, 5.41) is 0. The highest BCUT2D eigenvalue weighted by atomic mass is 16.5. The molecule has 2 unspecified atom stereocenters. The molecule has 1 aliphatic heterocycles. The highest BCUT2D eigenvalue weighted by molar-refractivity contribution is 5.38. The number of benzene rings is 1. The van der Waals surface area contributed by atoms with E-state index in [1.807, 2.05) is 13.8 Å². The van der Waals surface area contributed by atoms with E-state index in [0.717, 1.165) is 18.2 Å². The zero-order chi connectivity index (χ0) is 14.5. The molecule has 0 aromatic heterocycles. The van der Waals surface area contributed by atoms with E-state index in [4.69, 9.17) is 10.5 Å². The van der Waals surface area contributed by atoms with Crippen LogP contribution in [-0.4, -0.2) is 24.6 Å². The quantitative estimate of drug-likeness (QED) is 0.866. The second-order valence-electron chi connectivity index (χ2n) is 5.89. The fraction of sp³-hybridized carbons (Fsp3) is 0.647. The van der Waals surface area contributed by atoms with Crippen molar-refractivity contribution in [2.45, 2.75) is 46.2 Å². The van der Waals surface area contributed by atoms with E-state index in [2.05, 4.69) is 30.0 Å². The van der Waals surface area contributed by atoms with Gasteiger partial charge in [-0.2, -0.15) is 0 Å². The van der Waals surface area contributed by atoms with Crippen molar-refractivity contribution in [1.82, 2.24) is 4.90 Å². The molecule has 0 radical (unpaired) electrons. The molecule has 1 heterocycles. The third-order valence-corrected chi connectivity index (χ3v) is 4.25. The maximum atomic E-state index is 6.00. The molecule has 112 valence electrons. The van der Waals surface area contributed by atoms with E-state index in [-0.39, 0.29) is 6.04 Å². The van der Waals surface area contributed by atoms with Crippen molar-refractivity contribution in [3.05, 3.63) is 29.3 Å². The maximum absolute atomic E-state index is 6.00. The second-order valence-corrected chi connectivity index (χ2v) is 5.89. The van der Waals surface area contributed by atoms with Gasteiger partial charge in [0.05, 0.1) is 6.61 Å². The minimum atomic E-state index is 0.0754. The topological polar surface area (TPSA) is 38.5 Å². The van der Waals surface area contributed by atoms with Crippen molar-refractivity contribution >= 4 is 0 Å². The Bertz CT molecular complexity index is 431. The third kappa shape index (κ3) is 3.74. The summed E-state index contributed by atoms with van der Waals surface area (Å²) in [5.41, 5.74) is 8.47. The summed E-state index contributed by atoms with van der Waals surface area (Å²) in [4.78, 5) is 2.54. The molecule has 1 aromatic carbocycles. The summed E-state index contributed by atoms with van der Waals surface area (Å²) in [5.74, 6) is 1.87. The monoisotopic (exact) mass is 276 g/mol. The lowest BCUT2D eigenvalue weighted by molar-refractivity contribution is 0.296. The summed E-state index contributed by atoms with van der Waals surface area (Å²) in [6.45, 7) is 10.5. The Morgan fingerprint density at radius 3 is 2.80 bits per heavy atom. The molecule has 20 heavy (non-hydrogen) atoms. The summed E-state index contributed by atoms with van der Waals surface area (Å²) < 4.78 is 5.77. The molecule has 1 fully saturated rings. The molecule has 0 amide bonds. The second kappa shape index (κ2) is 7.09. The van der Waals surface area contributed by atoms with Crippen molar-refractivity contribution in [3.63, 3.8) is 0 Å². The van der Waals surface area contributed by atoms with Crippen LogP contribution >= 0.6 is 0 Å². The highest BCUT2D eigenvalue weighted by Crippen LogP contribution is 2.27. The number of ether oxygens (including phenoxy) is 1. The molecule has 2 N–H and O–H groups in total. The Kier molecular flexibility index (Phi) is 5.44. The zero-order valence-electron chi connectivity index (χ0n) is 13.1. The lowest BCUT2D eigenvalue weighted by Crippen LogP contribution is -2.21. The van der Waals surface area contributed by atoms with Crippen LogP contribution in [0.3, 0.4) is 0 Å². The molecular weight excluding hydrogens is 248 g/mol. The van der Waals surface area contributed by atoms with Crippen LogP contribution in [0.2, 0.25) is 0 Å². The van der Waals surface area contributed by atoms with Gasteiger partial charge in [-0.05, 0) is 50.4 Å². The normalized spacial score (nSPS) is 21.1. The average molecular weight is 276 g/mol. The maximum Gasteiger partial charge on any atom is 0.123 e. The summed E-state index contributed by atoms with van der Waals surface area (Å²) in [6.07, 6.45) is 2.61. The summed E-state index contributed by atoms with van der Waals surface area (Å²) >= 11 is 0. The first-order valence-corrected chi connectivity index (χ1v) is 7.87. The van der Waals surface area contributed by atoms with E-state index in [1.165, 1.54) is 37.1 Å².